The quantitative estimate of drug-likeness (QED) is 0.382. The Balaban J connectivity index is 1.70. The van der Waals surface area contributed by atoms with Crippen molar-refractivity contribution in [2.75, 3.05) is 36.6 Å². The van der Waals surface area contributed by atoms with E-state index in [0.29, 0.717) is 22.5 Å². The Morgan fingerprint density at radius 3 is 2.30 bits per heavy atom. The summed E-state index contributed by atoms with van der Waals surface area (Å²) in [4.78, 5) is 2.21. The number of anilines is 3. The van der Waals surface area contributed by atoms with Gasteiger partial charge in [0, 0.05) is 47.9 Å². The molecule has 0 aromatic heterocycles. The number of aryl methyl sites for hydroxylation is 1. The Kier molecular flexibility index (Phi) is 5.91. The lowest BCUT2D eigenvalue weighted by Gasteiger charge is -2.18. The number of fused-ring (bicyclic) bond motifs is 1. The summed E-state index contributed by atoms with van der Waals surface area (Å²) >= 11 is 0. The van der Waals surface area contributed by atoms with Crippen LogP contribution in [0.25, 0.3) is 21.9 Å². The molecule has 7 heteroatoms. The molecule has 0 fully saturated rings. The second kappa shape index (κ2) is 8.67. The van der Waals surface area contributed by atoms with Gasteiger partial charge in [-0.3, -0.25) is 4.72 Å². The molecular weight excluding hydrogens is 434 g/mol. The van der Waals surface area contributed by atoms with Gasteiger partial charge in [-0.2, -0.15) is 0 Å². The molecule has 0 radical (unpaired) electrons. The van der Waals surface area contributed by atoms with Crippen LogP contribution in [0.2, 0.25) is 0 Å². The third-order valence-electron chi connectivity index (χ3n) is 5.67. The predicted octanol–water partition coefficient (Wildman–Crippen LogP) is 5.27. The van der Waals surface area contributed by atoms with Gasteiger partial charge in [0.05, 0.1) is 17.7 Å². The van der Waals surface area contributed by atoms with E-state index in [1.165, 1.54) is 0 Å². The van der Waals surface area contributed by atoms with Crippen LogP contribution in [0.4, 0.5) is 17.1 Å². The minimum absolute atomic E-state index is 0.242. The van der Waals surface area contributed by atoms with Gasteiger partial charge in [-0.15, -0.1) is 0 Å². The van der Waals surface area contributed by atoms with Gasteiger partial charge in [-0.25, -0.2) is 8.42 Å². The fraction of sp³-hybridized carbons (Fsp3) is 0.154. The summed E-state index contributed by atoms with van der Waals surface area (Å²) in [5.74, 6) is 0.685. The number of nitrogens with zero attached hydrogens (tertiary/aromatic N) is 1. The Hall–Kier alpha value is -3.71. The highest BCUT2D eigenvalue weighted by Crippen LogP contribution is 2.34. The van der Waals surface area contributed by atoms with E-state index >= 15 is 0 Å². The summed E-state index contributed by atoms with van der Waals surface area (Å²) in [6.07, 6.45) is 0. The molecule has 0 saturated carbocycles. The number of benzene rings is 4. The van der Waals surface area contributed by atoms with E-state index in [-0.39, 0.29) is 4.90 Å². The first-order chi connectivity index (χ1) is 15.7. The van der Waals surface area contributed by atoms with E-state index in [1.807, 2.05) is 74.4 Å². The predicted molar refractivity (Wildman–Crippen MR) is 137 cm³/mol. The minimum atomic E-state index is -3.81. The lowest BCUT2D eigenvalue weighted by molar-refractivity contribution is 0.415. The van der Waals surface area contributed by atoms with Gasteiger partial charge in [-0.1, -0.05) is 30.3 Å². The standard InChI is InChI=1S/C26H27N3O3S/c1-17-15-18(20-13-12-19(32-4)16-23(20)27)11-14-24(17)28-33(30,31)26-10-6-7-21-22(26)8-5-9-25(21)29(2)3/h5-16,28H,27H2,1-4H3. The molecule has 4 rings (SSSR count). The van der Waals surface area contributed by atoms with Gasteiger partial charge < -0.3 is 15.4 Å². The second-order valence-corrected chi connectivity index (χ2v) is 9.76. The third kappa shape index (κ3) is 4.32. The molecule has 0 atom stereocenters. The van der Waals surface area contributed by atoms with E-state index in [9.17, 15) is 8.42 Å². The Morgan fingerprint density at radius 1 is 0.909 bits per heavy atom. The first kappa shape index (κ1) is 22.5. The molecule has 4 aromatic carbocycles. The highest BCUT2D eigenvalue weighted by Gasteiger charge is 2.20. The smallest absolute Gasteiger partial charge is 0.262 e. The van der Waals surface area contributed by atoms with Crippen LogP contribution in [0.3, 0.4) is 0 Å². The summed E-state index contributed by atoms with van der Waals surface area (Å²) in [5.41, 5.74) is 10.8. The van der Waals surface area contributed by atoms with Crippen LogP contribution in [0.5, 0.6) is 5.75 Å². The van der Waals surface area contributed by atoms with E-state index in [2.05, 4.69) is 4.72 Å². The average molecular weight is 462 g/mol. The number of methoxy groups -OCH3 is 1. The zero-order chi connectivity index (χ0) is 23.8. The number of rotatable bonds is 6. The molecule has 0 saturated heterocycles. The molecular formula is C26H27N3O3S. The van der Waals surface area contributed by atoms with Gasteiger partial charge in [-0.05, 0) is 54.4 Å². The van der Waals surface area contributed by atoms with Crippen LogP contribution in [-0.2, 0) is 10.0 Å². The van der Waals surface area contributed by atoms with Crippen LogP contribution >= 0.6 is 0 Å². The molecule has 0 aliphatic carbocycles. The molecule has 0 amide bonds. The number of sulfonamides is 1. The zero-order valence-electron chi connectivity index (χ0n) is 19.1. The normalized spacial score (nSPS) is 11.4. The van der Waals surface area contributed by atoms with Gasteiger partial charge in [0.25, 0.3) is 10.0 Å². The van der Waals surface area contributed by atoms with E-state index in [1.54, 1.807) is 31.4 Å². The number of ether oxygens (including phenoxy) is 1. The maximum atomic E-state index is 13.4. The molecule has 0 unspecified atom stereocenters. The number of nitrogen functional groups attached to an aromatic ring is 1. The van der Waals surface area contributed by atoms with Gasteiger partial charge in [0.15, 0.2) is 0 Å². The molecule has 4 aromatic rings. The lowest BCUT2D eigenvalue weighted by atomic mass is 10.0. The van der Waals surface area contributed by atoms with Crippen molar-refractivity contribution in [2.24, 2.45) is 0 Å². The largest absolute Gasteiger partial charge is 0.497 e. The number of hydrogen-bond donors (Lipinski definition) is 2. The average Bonchev–Trinajstić information content (AvgIpc) is 2.79. The first-order valence-corrected chi connectivity index (χ1v) is 12.0. The van der Waals surface area contributed by atoms with Crippen molar-refractivity contribution in [3.05, 3.63) is 78.4 Å². The summed E-state index contributed by atoms with van der Waals surface area (Å²) < 4.78 is 34.7. The maximum absolute atomic E-state index is 13.4. The van der Waals surface area contributed by atoms with Crippen LogP contribution in [-0.4, -0.2) is 29.6 Å². The highest BCUT2D eigenvalue weighted by molar-refractivity contribution is 7.93. The van der Waals surface area contributed by atoms with Crippen molar-refractivity contribution in [2.45, 2.75) is 11.8 Å². The van der Waals surface area contributed by atoms with Crippen LogP contribution in [0, 0.1) is 6.92 Å². The topological polar surface area (TPSA) is 84.7 Å². The van der Waals surface area contributed by atoms with Crippen molar-refractivity contribution in [1.82, 2.24) is 0 Å². The SMILES string of the molecule is COc1ccc(-c2ccc(NS(=O)(=O)c3cccc4c(N(C)C)cccc34)c(C)c2)c(N)c1. The molecule has 0 aliphatic heterocycles. The number of nitrogens with one attached hydrogen (secondary N) is 1. The molecule has 3 N–H and O–H groups in total. The van der Waals surface area contributed by atoms with Crippen molar-refractivity contribution in [3.63, 3.8) is 0 Å². The molecule has 170 valence electrons. The van der Waals surface area contributed by atoms with Gasteiger partial charge in [0.2, 0.25) is 0 Å². The van der Waals surface area contributed by atoms with Gasteiger partial charge in [0.1, 0.15) is 5.75 Å². The zero-order valence-corrected chi connectivity index (χ0v) is 19.9. The molecule has 0 heterocycles. The van der Waals surface area contributed by atoms with Crippen LogP contribution < -0.4 is 20.1 Å². The Labute approximate surface area is 194 Å². The second-order valence-electron chi connectivity index (χ2n) is 8.11. The van der Waals surface area contributed by atoms with E-state index < -0.39 is 10.0 Å². The number of nitrogens with two attached hydrogens (primary N) is 1. The van der Waals surface area contributed by atoms with Crippen molar-refractivity contribution in [3.8, 4) is 16.9 Å². The third-order valence-corrected chi connectivity index (χ3v) is 7.09. The maximum Gasteiger partial charge on any atom is 0.262 e. The van der Waals surface area contributed by atoms with Crippen LogP contribution in [0.1, 0.15) is 5.56 Å². The van der Waals surface area contributed by atoms with E-state index in [4.69, 9.17) is 10.5 Å². The lowest BCUT2D eigenvalue weighted by Crippen LogP contribution is -2.15. The van der Waals surface area contributed by atoms with Crippen molar-refractivity contribution < 1.29 is 13.2 Å². The monoisotopic (exact) mass is 461 g/mol. The van der Waals surface area contributed by atoms with E-state index in [0.717, 1.165) is 27.8 Å². The van der Waals surface area contributed by atoms with Crippen LogP contribution in [0.15, 0.2) is 77.7 Å². The van der Waals surface area contributed by atoms with Gasteiger partial charge >= 0.3 is 0 Å². The Morgan fingerprint density at radius 2 is 1.64 bits per heavy atom. The summed E-state index contributed by atoms with van der Waals surface area (Å²) in [7, 11) is 1.66. The summed E-state index contributed by atoms with van der Waals surface area (Å²) in [5, 5.41) is 1.56. The van der Waals surface area contributed by atoms with Crippen molar-refractivity contribution >= 4 is 37.9 Å². The minimum Gasteiger partial charge on any atom is -0.497 e. The first-order valence-electron chi connectivity index (χ1n) is 10.5. The Bertz CT molecular complexity index is 1450. The molecule has 0 spiro atoms. The molecule has 0 aliphatic rings. The molecule has 33 heavy (non-hydrogen) atoms. The summed E-state index contributed by atoms with van der Waals surface area (Å²) in [6.45, 7) is 1.87. The fourth-order valence-electron chi connectivity index (χ4n) is 3.96. The molecule has 6 nitrogen and oxygen atoms in total. The van der Waals surface area contributed by atoms with Crippen molar-refractivity contribution in [1.29, 1.82) is 0 Å². The fourth-order valence-corrected chi connectivity index (χ4v) is 5.32. The summed E-state index contributed by atoms with van der Waals surface area (Å²) in [6, 6.07) is 22.1. The highest BCUT2D eigenvalue weighted by atomic mass is 32.2. The molecule has 0 bridgehead atoms. The number of hydrogen-bond acceptors (Lipinski definition) is 5.